The fraction of sp³-hybridized carbons (Fsp3) is 0.200. The maximum absolute atomic E-state index is 12.3. The Morgan fingerprint density at radius 2 is 1.95 bits per heavy atom. The van der Waals surface area contributed by atoms with Crippen LogP contribution in [0.1, 0.15) is 10.4 Å². The Morgan fingerprint density at radius 1 is 1.27 bits per heavy atom. The number of nitriles is 2. The van der Waals surface area contributed by atoms with Gasteiger partial charge in [0.15, 0.2) is 0 Å². The minimum Gasteiger partial charge on any atom is -0.497 e. The van der Waals surface area contributed by atoms with Gasteiger partial charge in [0.05, 0.1) is 19.2 Å². The molecule has 0 atom stereocenters. The number of carbonyl (C=O) groups excluding carboxylic acids is 1. The van der Waals surface area contributed by atoms with Crippen LogP contribution in [-0.4, -0.2) is 31.0 Å². The summed E-state index contributed by atoms with van der Waals surface area (Å²) >= 11 is 0. The van der Waals surface area contributed by atoms with Crippen LogP contribution in [0.2, 0.25) is 0 Å². The molecule has 0 aliphatic rings. The molecular weight excluding hydrogens is 286 g/mol. The summed E-state index contributed by atoms with van der Waals surface area (Å²) in [7, 11) is 1.48. The summed E-state index contributed by atoms with van der Waals surface area (Å²) in [6.07, 6.45) is 0. The molecule has 0 bridgehead atoms. The van der Waals surface area contributed by atoms with Gasteiger partial charge in [0.1, 0.15) is 30.0 Å². The van der Waals surface area contributed by atoms with Gasteiger partial charge in [-0.25, -0.2) is 4.79 Å². The zero-order chi connectivity index (χ0) is 16.1. The van der Waals surface area contributed by atoms with E-state index in [9.17, 15) is 9.59 Å². The molecule has 2 aromatic rings. The highest BCUT2D eigenvalue weighted by molar-refractivity contribution is 5.97. The van der Waals surface area contributed by atoms with Gasteiger partial charge in [-0.05, 0) is 18.2 Å². The van der Waals surface area contributed by atoms with Crippen molar-refractivity contribution in [3.8, 4) is 17.9 Å². The topological polar surface area (TPSA) is 107 Å². The van der Waals surface area contributed by atoms with E-state index in [-0.39, 0.29) is 24.2 Å². The van der Waals surface area contributed by atoms with E-state index in [1.165, 1.54) is 19.2 Å². The lowest BCUT2D eigenvalue weighted by atomic mass is 10.1. The molecule has 1 amide bonds. The van der Waals surface area contributed by atoms with Gasteiger partial charge in [-0.2, -0.15) is 10.5 Å². The van der Waals surface area contributed by atoms with Crippen molar-refractivity contribution >= 4 is 16.9 Å². The van der Waals surface area contributed by atoms with Gasteiger partial charge < -0.3 is 14.1 Å². The first-order valence-electron chi connectivity index (χ1n) is 6.25. The fourth-order valence-corrected chi connectivity index (χ4v) is 1.91. The minimum atomic E-state index is -0.827. The van der Waals surface area contributed by atoms with Gasteiger partial charge in [0, 0.05) is 11.5 Å². The number of rotatable bonds is 4. The summed E-state index contributed by atoms with van der Waals surface area (Å²) < 4.78 is 10.1. The number of ether oxygens (including phenoxy) is 1. The molecule has 22 heavy (non-hydrogen) atoms. The van der Waals surface area contributed by atoms with Crippen LogP contribution >= 0.6 is 0 Å². The van der Waals surface area contributed by atoms with E-state index in [4.69, 9.17) is 19.7 Å². The molecule has 110 valence electrons. The van der Waals surface area contributed by atoms with E-state index in [1.54, 1.807) is 24.3 Å². The van der Waals surface area contributed by atoms with Gasteiger partial charge in [0.25, 0.3) is 5.91 Å². The van der Waals surface area contributed by atoms with Crippen molar-refractivity contribution in [3.63, 3.8) is 0 Å². The smallest absolute Gasteiger partial charge is 0.349 e. The van der Waals surface area contributed by atoms with Crippen LogP contribution in [0.4, 0.5) is 0 Å². The average molecular weight is 297 g/mol. The van der Waals surface area contributed by atoms with Gasteiger partial charge in [-0.1, -0.05) is 0 Å². The Labute approximate surface area is 125 Å². The van der Waals surface area contributed by atoms with Crippen LogP contribution < -0.4 is 10.4 Å². The first-order chi connectivity index (χ1) is 10.6. The van der Waals surface area contributed by atoms with Gasteiger partial charge in [-0.15, -0.1) is 0 Å². The molecule has 1 heterocycles. The minimum absolute atomic E-state index is 0.219. The third-order valence-electron chi connectivity index (χ3n) is 2.98. The van der Waals surface area contributed by atoms with Gasteiger partial charge in [0.2, 0.25) is 0 Å². The molecule has 0 N–H and O–H groups in total. The highest BCUT2D eigenvalue weighted by atomic mass is 16.5. The molecule has 0 spiro atoms. The molecule has 0 aliphatic heterocycles. The fourth-order valence-electron chi connectivity index (χ4n) is 1.91. The summed E-state index contributed by atoms with van der Waals surface area (Å²) in [4.78, 5) is 25.2. The first-order valence-corrected chi connectivity index (χ1v) is 6.25. The molecule has 0 aliphatic carbocycles. The zero-order valence-electron chi connectivity index (χ0n) is 11.7. The quantitative estimate of drug-likeness (QED) is 0.621. The van der Waals surface area contributed by atoms with Crippen LogP contribution in [0.25, 0.3) is 11.0 Å². The molecule has 1 aromatic heterocycles. The summed E-state index contributed by atoms with van der Waals surface area (Å²) in [5.41, 5.74) is -0.761. The third kappa shape index (κ3) is 2.89. The number of nitrogens with zero attached hydrogens (tertiary/aromatic N) is 3. The van der Waals surface area contributed by atoms with Crippen molar-refractivity contribution in [2.75, 3.05) is 20.2 Å². The van der Waals surface area contributed by atoms with E-state index in [0.717, 1.165) is 4.90 Å². The van der Waals surface area contributed by atoms with Crippen molar-refractivity contribution in [3.05, 3.63) is 40.2 Å². The number of hydrogen-bond donors (Lipinski definition) is 0. The first kappa shape index (κ1) is 15.1. The van der Waals surface area contributed by atoms with Gasteiger partial charge in [-0.3, -0.25) is 4.79 Å². The SMILES string of the molecule is COc1ccc2cc(C(=O)N(CC#N)CC#N)c(=O)oc2c1. The second-order valence-electron chi connectivity index (χ2n) is 4.33. The van der Waals surface area contributed by atoms with Crippen LogP contribution in [0.3, 0.4) is 0 Å². The van der Waals surface area contributed by atoms with Crippen LogP contribution in [0.5, 0.6) is 5.75 Å². The number of amides is 1. The molecule has 7 nitrogen and oxygen atoms in total. The molecule has 0 saturated heterocycles. The molecule has 2 rings (SSSR count). The molecule has 0 radical (unpaired) electrons. The van der Waals surface area contributed by atoms with E-state index < -0.39 is 11.5 Å². The van der Waals surface area contributed by atoms with Crippen molar-refractivity contribution < 1.29 is 13.9 Å². The second-order valence-corrected chi connectivity index (χ2v) is 4.33. The monoisotopic (exact) mass is 297 g/mol. The van der Waals surface area contributed by atoms with E-state index >= 15 is 0 Å². The Hall–Kier alpha value is -3.32. The Kier molecular flexibility index (Phi) is 4.40. The van der Waals surface area contributed by atoms with Crippen LogP contribution in [0, 0.1) is 22.7 Å². The normalized spacial score (nSPS) is 9.77. The van der Waals surface area contributed by atoms with Gasteiger partial charge >= 0.3 is 5.63 Å². The van der Waals surface area contributed by atoms with Crippen molar-refractivity contribution in [1.82, 2.24) is 4.90 Å². The number of carbonyl (C=O) groups is 1. The van der Waals surface area contributed by atoms with Crippen molar-refractivity contribution in [2.24, 2.45) is 0 Å². The van der Waals surface area contributed by atoms with Crippen LogP contribution in [0.15, 0.2) is 33.5 Å². The van der Waals surface area contributed by atoms with E-state index in [0.29, 0.717) is 11.1 Å². The Morgan fingerprint density at radius 3 is 2.55 bits per heavy atom. The molecule has 1 aromatic carbocycles. The largest absolute Gasteiger partial charge is 0.497 e. The Balaban J connectivity index is 2.50. The number of benzene rings is 1. The Bertz CT molecular complexity index is 842. The summed E-state index contributed by atoms with van der Waals surface area (Å²) in [6.45, 7) is -0.570. The maximum atomic E-state index is 12.3. The molecule has 0 unspecified atom stereocenters. The molecule has 0 fully saturated rings. The molecule has 0 saturated carbocycles. The lowest BCUT2D eigenvalue weighted by Crippen LogP contribution is -2.34. The summed E-state index contributed by atoms with van der Waals surface area (Å²) in [6, 6.07) is 9.79. The standard InChI is InChI=1S/C15H11N3O4/c1-21-11-3-2-10-8-12(15(20)22-13(10)9-11)14(19)18(6-4-16)7-5-17/h2-3,8-9H,6-7H2,1H3. The lowest BCUT2D eigenvalue weighted by molar-refractivity contribution is 0.0790. The van der Waals surface area contributed by atoms with E-state index in [2.05, 4.69) is 0 Å². The molecule has 7 heteroatoms. The van der Waals surface area contributed by atoms with E-state index in [1.807, 2.05) is 0 Å². The second kappa shape index (κ2) is 6.42. The predicted molar refractivity (Wildman–Crippen MR) is 76.2 cm³/mol. The van der Waals surface area contributed by atoms with Crippen molar-refractivity contribution in [2.45, 2.75) is 0 Å². The lowest BCUT2D eigenvalue weighted by Gasteiger charge is -2.15. The third-order valence-corrected chi connectivity index (χ3v) is 2.98. The number of fused-ring (bicyclic) bond motifs is 1. The highest BCUT2D eigenvalue weighted by Gasteiger charge is 2.20. The highest BCUT2D eigenvalue weighted by Crippen LogP contribution is 2.20. The van der Waals surface area contributed by atoms with Crippen LogP contribution in [-0.2, 0) is 0 Å². The zero-order valence-corrected chi connectivity index (χ0v) is 11.7. The predicted octanol–water partition coefficient (Wildman–Crippen LogP) is 1.29. The van der Waals surface area contributed by atoms with Crippen molar-refractivity contribution in [1.29, 1.82) is 10.5 Å². The number of methoxy groups -OCH3 is 1. The number of hydrogen-bond acceptors (Lipinski definition) is 6. The molecular formula is C15H11N3O4. The summed E-state index contributed by atoms with van der Waals surface area (Å²) in [5, 5.41) is 17.9. The summed E-state index contributed by atoms with van der Waals surface area (Å²) in [5.74, 6) is -0.195. The average Bonchev–Trinajstić information content (AvgIpc) is 2.52. The maximum Gasteiger partial charge on any atom is 0.349 e.